The summed E-state index contributed by atoms with van der Waals surface area (Å²) < 4.78 is 14.1. The van der Waals surface area contributed by atoms with Gasteiger partial charge in [0.1, 0.15) is 11.9 Å². The number of nitrogens with zero attached hydrogens (tertiary/aromatic N) is 2. The van der Waals surface area contributed by atoms with Crippen LogP contribution in [0.15, 0.2) is 36.4 Å². The highest BCUT2D eigenvalue weighted by molar-refractivity contribution is 5.98. The third-order valence-electron chi connectivity index (χ3n) is 5.94. The molecule has 0 spiro atoms. The number of piperazine rings is 1. The van der Waals surface area contributed by atoms with Crippen molar-refractivity contribution in [1.82, 2.24) is 4.90 Å². The molecule has 2 aromatic rings. The van der Waals surface area contributed by atoms with E-state index >= 15 is 0 Å². The number of aliphatic hydroxyl groups excluding tert-OH is 1. The predicted molar refractivity (Wildman–Crippen MR) is 118 cm³/mol. The lowest BCUT2D eigenvalue weighted by molar-refractivity contribution is -0.132. The van der Waals surface area contributed by atoms with E-state index in [2.05, 4.69) is 15.5 Å². The average molecular weight is 426 g/mol. The highest BCUT2D eigenvalue weighted by Gasteiger charge is 2.30. The SMILES string of the molecule is Cc1ccc(F)c2c1NC(C(=O)Nc1cccc(N3CCN(C(=O)CCO)CC3)c1)C2. The Kier molecular flexibility index (Phi) is 6.08. The maximum Gasteiger partial charge on any atom is 0.247 e. The molecule has 1 unspecified atom stereocenters. The Bertz CT molecular complexity index is 958. The molecule has 1 fully saturated rings. The molecule has 164 valence electrons. The smallest absolute Gasteiger partial charge is 0.247 e. The van der Waals surface area contributed by atoms with E-state index in [1.807, 2.05) is 31.2 Å². The monoisotopic (exact) mass is 426 g/mol. The summed E-state index contributed by atoms with van der Waals surface area (Å²) in [4.78, 5) is 28.7. The molecular formula is C23H27FN4O3. The number of aryl methyl sites for hydroxylation is 1. The van der Waals surface area contributed by atoms with Gasteiger partial charge in [0.25, 0.3) is 0 Å². The highest BCUT2D eigenvalue weighted by Crippen LogP contribution is 2.32. The Morgan fingerprint density at radius 3 is 2.68 bits per heavy atom. The molecule has 2 aliphatic rings. The third kappa shape index (κ3) is 4.49. The Hall–Kier alpha value is -3.13. The molecule has 1 atom stereocenters. The van der Waals surface area contributed by atoms with Crippen LogP contribution in [0.1, 0.15) is 17.5 Å². The van der Waals surface area contributed by atoms with E-state index in [1.165, 1.54) is 6.07 Å². The van der Waals surface area contributed by atoms with Crippen molar-refractivity contribution in [2.45, 2.75) is 25.8 Å². The summed E-state index contributed by atoms with van der Waals surface area (Å²) in [5.41, 5.74) is 3.84. The molecule has 0 saturated carbocycles. The molecule has 0 aliphatic carbocycles. The predicted octanol–water partition coefficient (Wildman–Crippen LogP) is 2.14. The Morgan fingerprint density at radius 1 is 1.19 bits per heavy atom. The van der Waals surface area contributed by atoms with Crippen molar-refractivity contribution in [3.8, 4) is 0 Å². The minimum Gasteiger partial charge on any atom is -0.396 e. The topological polar surface area (TPSA) is 84.9 Å². The van der Waals surface area contributed by atoms with Crippen LogP contribution in [0.4, 0.5) is 21.5 Å². The number of carbonyl (C=O) groups excluding carboxylic acids is 2. The highest BCUT2D eigenvalue weighted by atomic mass is 19.1. The number of amides is 2. The summed E-state index contributed by atoms with van der Waals surface area (Å²) in [6.45, 7) is 4.34. The van der Waals surface area contributed by atoms with Gasteiger partial charge < -0.3 is 25.5 Å². The molecule has 2 heterocycles. The number of anilines is 3. The van der Waals surface area contributed by atoms with Crippen molar-refractivity contribution in [1.29, 1.82) is 0 Å². The van der Waals surface area contributed by atoms with Crippen LogP contribution in [0.25, 0.3) is 0 Å². The Morgan fingerprint density at radius 2 is 1.97 bits per heavy atom. The second-order valence-electron chi connectivity index (χ2n) is 8.00. The first-order chi connectivity index (χ1) is 15.0. The van der Waals surface area contributed by atoms with Gasteiger partial charge in [-0.1, -0.05) is 12.1 Å². The van der Waals surface area contributed by atoms with Crippen molar-refractivity contribution in [3.05, 3.63) is 53.3 Å². The number of carbonyl (C=O) groups is 2. The number of halogens is 1. The summed E-state index contributed by atoms with van der Waals surface area (Å²) in [6, 6.07) is 10.2. The molecule has 31 heavy (non-hydrogen) atoms. The number of aliphatic hydroxyl groups is 1. The van der Waals surface area contributed by atoms with Gasteiger partial charge in [-0.25, -0.2) is 4.39 Å². The van der Waals surface area contributed by atoms with E-state index < -0.39 is 6.04 Å². The minimum atomic E-state index is -0.518. The normalized spacial score (nSPS) is 17.8. The van der Waals surface area contributed by atoms with Crippen LogP contribution < -0.4 is 15.5 Å². The van der Waals surface area contributed by atoms with E-state index in [9.17, 15) is 14.0 Å². The summed E-state index contributed by atoms with van der Waals surface area (Å²) in [7, 11) is 0. The summed E-state index contributed by atoms with van der Waals surface area (Å²) >= 11 is 0. The zero-order chi connectivity index (χ0) is 22.0. The van der Waals surface area contributed by atoms with Crippen LogP contribution >= 0.6 is 0 Å². The van der Waals surface area contributed by atoms with E-state index in [1.54, 1.807) is 11.0 Å². The number of rotatable bonds is 5. The number of benzene rings is 2. The van der Waals surface area contributed by atoms with Gasteiger partial charge in [0.05, 0.1) is 6.61 Å². The molecule has 2 amide bonds. The van der Waals surface area contributed by atoms with Crippen molar-refractivity contribution < 1.29 is 19.1 Å². The summed E-state index contributed by atoms with van der Waals surface area (Å²) in [5.74, 6) is -0.520. The number of nitrogens with one attached hydrogen (secondary N) is 2. The molecule has 0 aromatic heterocycles. The Labute approximate surface area is 180 Å². The zero-order valence-electron chi connectivity index (χ0n) is 17.5. The van der Waals surface area contributed by atoms with E-state index in [-0.39, 0.29) is 30.7 Å². The van der Waals surface area contributed by atoms with E-state index in [0.717, 1.165) is 11.3 Å². The number of hydrogen-bond donors (Lipinski definition) is 3. The van der Waals surface area contributed by atoms with Crippen molar-refractivity contribution in [3.63, 3.8) is 0 Å². The third-order valence-corrected chi connectivity index (χ3v) is 5.94. The van der Waals surface area contributed by atoms with Crippen LogP contribution in [0.5, 0.6) is 0 Å². The first-order valence-electron chi connectivity index (χ1n) is 10.6. The van der Waals surface area contributed by atoms with Crippen molar-refractivity contribution in [2.75, 3.05) is 48.3 Å². The molecule has 3 N–H and O–H groups in total. The summed E-state index contributed by atoms with van der Waals surface area (Å²) in [5, 5.41) is 15.0. The van der Waals surface area contributed by atoms with E-state index in [4.69, 9.17) is 5.11 Å². The van der Waals surface area contributed by atoms with Gasteiger partial charge in [-0.2, -0.15) is 0 Å². The minimum absolute atomic E-state index is 0.0279. The van der Waals surface area contributed by atoms with Gasteiger partial charge >= 0.3 is 0 Å². The lowest BCUT2D eigenvalue weighted by Gasteiger charge is -2.36. The first-order valence-corrected chi connectivity index (χ1v) is 10.6. The van der Waals surface area contributed by atoms with Crippen LogP contribution in [0.3, 0.4) is 0 Å². The van der Waals surface area contributed by atoms with E-state index in [0.29, 0.717) is 49.5 Å². The van der Waals surface area contributed by atoms with Crippen LogP contribution in [0, 0.1) is 12.7 Å². The fourth-order valence-corrected chi connectivity index (χ4v) is 4.21. The van der Waals surface area contributed by atoms with Crippen LogP contribution in [-0.2, 0) is 16.0 Å². The second kappa shape index (κ2) is 8.93. The average Bonchev–Trinajstić information content (AvgIpc) is 3.24. The van der Waals surface area contributed by atoms with Gasteiger partial charge in [-0.05, 0) is 36.8 Å². The quantitative estimate of drug-likeness (QED) is 0.682. The van der Waals surface area contributed by atoms with Gasteiger partial charge in [-0.15, -0.1) is 0 Å². The van der Waals surface area contributed by atoms with Gasteiger partial charge in [-0.3, -0.25) is 9.59 Å². The van der Waals surface area contributed by atoms with Gasteiger partial charge in [0.2, 0.25) is 11.8 Å². The zero-order valence-corrected chi connectivity index (χ0v) is 17.5. The van der Waals surface area contributed by atoms with Crippen LogP contribution in [-0.4, -0.2) is 60.6 Å². The molecule has 2 aliphatic heterocycles. The number of fused-ring (bicyclic) bond motifs is 1. The standard InChI is InChI=1S/C23H27FN4O3/c1-15-5-6-19(24)18-14-20(26-22(15)18)23(31)25-16-3-2-4-17(13-16)27-8-10-28(11-9-27)21(30)7-12-29/h2-6,13,20,26,29H,7-12,14H2,1H3,(H,25,31). The first kappa shape index (κ1) is 21.1. The maximum absolute atomic E-state index is 14.1. The largest absolute Gasteiger partial charge is 0.396 e. The summed E-state index contributed by atoms with van der Waals surface area (Å²) in [6.07, 6.45) is 0.474. The fourth-order valence-electron chi connectivity index (χ4n) is 4.21. The van der Waals surface area contributed by atoms with Crippen molar-refractivity contribution in [2.24, 2.45) is 0 Å². The fraction of sp³-hybridized carbons (Fsp3) is 0.391. The van der Waals surface area contributed by atoms with Crippen molar-refractivity contribution >= 4 is 28.9 Å². The molecule has 0 radical (unpaired) electrons. The van der Waals surface area contributed by atoms with Gasteiger partial charge in [0, 0.05) is 61.6 Å². The number of hydrogen-bond acceptors (Lipinski definition) is 5. The molecule has 0 bridgehead atoms. The molecule has 7 nitrogen and oxygen atoms in total. The van der Waals surface area contributed by atoms with Gasteiger partial charge in [0.15, 0.2) is 0 Å². The molecule has 2 aromatic carbocycles. The second-order valence-corrected chi connectivity index (χ2v) is 8.00. The molecule has 1 saturated heterocycles. The van der Waals surface area contributed by atoms with Crippen LogP contribution in [0.2, 0.25) is 0 Å². The molecular weight excluding hydrogens is 399 g/mol. The Balaban J connectivity index is 1.37. The maximum atomic E-state index is 14.1. The lowest BCUT2D eigenvalue weighted by Crippen LogP contribution is -2.49. The molecule has 4 rings (SSSR count). The molecule has 8 heteroatoms. The lowest BCUT2D eigenvalue weighted by atomic mass is 10.1.